The van der Waals surface area contributed by atoms with E-state index in [1.54, 1.807) is 32.0 Å². The lowest BCUT2D eigenvalue weighted by Gasteiger charge is -2.39. The summed E-state index contributed by atoms with van der Waals surface area (Å²) in [5.41, 5.74) is -1.12. The number of carboxylic acids is 2. The van der Waals surface area contributed by atoms with E-state index in [9.17, 15) is 30.0 Å². The van der Waals surface area contributed by atoms with Crippen molar-refractivity contribution in [1.29, 1.82) is 0 Å². The molecular weight excluding hydrogens is 324 g/mol. The lowest BCUT2D eigenvalue weighted by molar-refractivity contribution is -0.243. The van der Waals surface area contributed by atoms with Gasteiger partial charge >= 0.3 is 11.9 Å². The summed E-state index contributed by atoms with van der Waals surface area (Å²) in [4.78, 5) is 22.8. The van der Waals surface area contributed by atoms with Gasteiger partial charge in [0, 0.05) is 11.0 Å². The lowest BCUT2D eigenvalue weighted by atomic mass is 9.73. The summed E-state index contributed by atoms with van der Waals surface area (Å²) in [5, 5.41) is 40.2. The van der Waals surface area contributed by atoms with Crippen molar-refractivity contribution in [3.8, 4) is 0 Å². The molecule has 0 aliphatic heterocycles. The monoisotopic (exact) mass is 344 g/mol. The van der Waals surface area contributed by atoms with E-state index >= 15 is 0 Å². The molecule has 0 aliphatic carbocycles. The van der Waals surface area contributed by atoms with Crippen LogP contribution in [0.25, 0.3) is 0 Å². The van der Waals surface area contributed by atoms with Crippen LogP contribution in [-0.4, -0.2) is 32.4 Å². The molecule has 0 aromatic heterocycles. The fraction of sp³-hybridized carbons (Fsp3) is 0.263. The van der Waals surface area contributed by atoms with Gasteiger partial charge in [0.25, 0.3) is 0 Å². The highest BCUT2D eigenvalue weighted by Crippen LogP contribution is 2.41. The molecule has 132 valence electrons. The van der Waals surface area contributed by atoms with E-state index in [0.29, 0.717) is 5.56 Å². The largest absolute Gasteiger partial charge is 0.478 e. The van der Waals surface area contributed by atoms with Crippen LogP contribution in [0.5, 0.6) is 0 Å². The van der Waals surface area contributed by atoms with E-state index in [-0.39, 0.29) is 23.1 Å². The van der Waals surface area contributed by atoms with E-state index in [1.807, 2.05) is 0 Å². The Labute approximate surface area is 145 Å². The molecule has 0 radical (unpaired) electrons. The molecule has 0 fully saturated rings. The zero-order chi connectivity index (χ0) is 18.8. The highest BCUT2D eigenvalue weighted by Gasteiger charge is 2.45. The first-order chi connectivity index (χ1) is 11.6. The quantitative estimate of drug-likeness (QED) is 0.599. The second-order valence-electron chi connectivity index (χ2n) is 6.55. The van der Waals surface area contributed by atoms with Gasteiger partial charge in [-0.3, -0.25) is 0 Å². The molecule has 2 rings (SSSR count). The molecule has 2 aromatic rings. The molecule has 0 heterocycles. The number of aromatic carboxylic acids is 2. The number of carboxylic acid groups (broad SMARTS) is 2. The summed E-state index contributed by atoms with van der Waals surface area (Å²) < 4.78 is 0. The summed E-state index contributed by atoms with van der Waals surface area (Å²) in [7, 11) is 0. The van der Waals surface area contributed by atoms with Crippen LogP contribution in [0.3, 0.4) is 0 Å². The van der Waals surface area contributed by atoms with Crippen molar-refractivity contribution in [2.24, 2.45) is 5.41 Å². The van der Waals surface area contributed by atoms with Crippen molar-refractivity contribution in [1.82, 2.24) is 0 Å². The molecule has 0 atom stereocenters. The SMILES string of the molecule is CC(C)(Cc1ccccc1C(=O)O)C(O)(O)c1ccccc1C(=O)O. The number of carbonyl (C=O) groups is 2. The highest BCUT2D eigenvalue weighted by molar-refractivity contribution is 5.90. The Hall–Kier alpha value is -2.70. The Balaban J connectivity index is 2.49. The minimum absolute atomic E-state index is 0.0242. The van der Waals surface area contributed by atoms with Gasteiger partial charge in [0.15, 0.2) is 5.79 Å². The molecule has 0 saturated heterocycles. The maximum absolute atomic E-state index is 11.4. The van der Waals surface area contributed by atoms with E-state index in [4.69, 9.17) is 0 Å². The molecule has 0 aliphatic rings. The normalized spacial score (nSPS) is 12.0. The van der Waals surface area contributed by atoms with Crippen molar-refractivity contribution < 1.29 is 30.0 Å². The Morgan fingerprint density at radius 2 is 1.32 bits per heavy atom. The smallest absolute Gasteiger partial charge is 0.336 e. The fourth-order valence-corrected chi connectivity index (χ4v) is 2.82. The molecule has 25 heavy (non-hydrogen) atoms. The number of rotatable bonds is 6. The maximum Gasteiger partial charge on any atom is 0.336 e. The van der Waals surface area contributed by atoms with Crippen LogP contribution in [0.2, 0.25) is 0 Å². The third-order valence-electron chi connectivity index (χ3n) is 4.36. The summed E-state index contributed by atoms with van der Waals surface area (Å²) in [6.45, 7) is 3.09. The molecule has 6 heteroatoms. The molecule has 0 saturated carbocycles. The van der Waals surface area contributed by atoms with Crippen molar-refractivity contribution in [3.05, 3.63) is 70.8 Å². The molecule has 0 amide bonds. The average molecular weight is 344 g/mol. The Kier molecular flexibility index (Phi) is 4.97. The molecule has 0 unspecified atom stereocenters. The first kappa shape index (κ1) is 18.6. The number of aliphatic hydroxyl groups is 2. The number of hydrogen-bond acceptors (Lipinski definition) is 4. The minimum atomic E-state index is -2.48. The van der Waals surface area contributed by atoms with Crippen LogP contribution in [0.4, 0.5) is 0 Å². The standard InChI is InChI=1S/C19H20O6/c1-18(2,11-12-7-3-4-8-13(12)16(20)21)19(24,25)15-10-6-5-9-14(15)17(22)23/h3-10,24-25H,11H2,1-2H3,(H,20,21)(H,22,23). The zero-order valence-corrected chi connectivity index (χ0v) is 13.9. The van der Waals surface area contributed by atoms with E-state index < -0.39 is 23.1 Å². The van der Waals surface area contributed by atoms with Crippen LogP contribution in [-0.2, 0) is 12.2 Å². The van der Waals surface area contributed by atoms with Gasteiger partial charge in [-0.25, -0.2) is 9.59 Å². The van der Waals surface area contributed by atoms with Gasteiger partial charge < -0.3 is 20.4 Å². The topological polar surface area (TPSA) is 115 Å². The molecule has 6 nitrogen and oxygen atoms in total. The second-order valence-corrected chi connectivity index (χ2v) is 6.55. The summed E-state index contributed by atoms with van der Waals surface area (Å²) >= 11 is 0. The van der Waals surface area contributed by atoms with E-state index in [2.05, 4.69) is 0 Å². The van der Waals surface area contributed by atoms with Gasteiger partial charge in [0.1, 0.15) is 0 Å². The predicted molar refractivity (Wildman–Crippen MR) is 90.4 cm³/mol. The third-order valence-corrected chi connectivity index (χ3v) is 4.36. The average Bonchev–Trinajstić information content (AvgIpc) is 2.54. The number of benzene rings is 2. The molecule has 0 bridgehead atoms. The van der Waals surface area contributed by atoms with Crippen LogP contribution >= 0.6 is 0 Å². The van der Waals surface area contributed by atoms with Crippen molar-refractivity contribution in [2.75, 3.05) is 0 Å². The van der Waals surface area contributed by atoms with Gasteiger partial charge in [-0.15, -0.1) is 0 Å². The summed E-state index contributed by atoms with van der Waals surface area (Å²) in [6.07, 6.45) is 0.0242. The molecule has 0 spiro atoms. The Morgan fingerprint density at radius 3 is 1.88 bits per heavy atom. The molecule has 4 N–H and O–H groups in total. The van der Waals surface area contributed by atoms with Crippen molar-refractivity contribution >= 4 is 11.9 Å². The second kappa shape index (κ2) is 6.66. The van der Waals surface area contributed by atoms with Crippen molar-refractivity contribution in [2.45, 2.75) is 26.1 Å². The first-order valence-corrected chi connectivity index (χ1v) is 7.66. The van der Waals surface area contributed by atoms with Gasteiger partial charge in [-0.05, 0) is 24.1 Å². The molecular formula is C19H20O6. The van der Waals surface area contributed by atoms with Gasteiger partial charge in [0.05, 0.1) is 11.1 Å². The van der Waals surface area contributed by atoms with Gasteiger partial charge in [-0.2, -0.15) is 0 Å². The molecule has 2 aromatic carbocycles. The Bertz CT molecular complexity index is 807. The van der Waals surface area contributed by atoms with E-state index in [1.165, 1.54) is 30.3 Å². The third kappa shape index (κ3) is 3.55. The maximum atomic E-state index is 11.4. The van der Waals surface area contributed by atoms with E-state index in [0.717, 1.165) is 0 Å². The predicted octanol–water partition coefficient (Wildman–Crippen LogP) is 2.49. The zero-order valence-electron chi connectivity index (χ0n) is 13.9. The van der Waals surface area contributed by atoms with Crippen LogP contribution in [0.1, 0.15) is 45.7 Å². The summed E-state index contributed by atoms with van der Waals surface area (Å²) in [5.74, 6) is -4.86. The van der Waals surface area contributed by atoms with Crippen molar-refractivity contribution in [3.63, 3.8) is 0 Å². The van der Waals surface area contributed by atoms with Gasteiger partial charge in [0.2, 0.25) is 0 Å². The van der Waals surface area contributed by atoms with Gasteiger partial charge in [-0.1, -0.05) is 50.2 Å². The Morgan fingerprint density at radius 1 is 0.840 bits per heavy atom. The van der Waals surface area contributed by atoms with Crippen LogP contribution in [0.15, 0.2) is 48.5 Å². The lowest BCUT2D eigenvalue weighted by Crippen LogP contribution is -2.44. The van der Waals surface area contributed by atoms with Crippen LogP contribution in [0, 0.1) is 5.41 Å². The summed E-state index contributed by atoms with van der Waals surface area (Å²) in [6, 6.07) is 11.9. The highest BCUT2D eigenvalue weighted by atomic mass is 16.5. The minimum Gasteiger partial charge on any atom is -0.478 e. The first-order valence-electron chi connectivity index (χ1n) is 7.66. The fourth-order valence-electron chi connectivity index (χ4n) is 2.82. The number of hydrogen-bond donors (Lipinski definition) is 4. The van der Waals surface area contributed by atoms with Crippen LogP contribution < -0.4 is 0 Å².